The molecule has 1 fully saturated rings. The highest BCUT2D eigenvalue weighted by molar-refractivity contribution is 5.50. The number of likely N-dealkylation sites (tertiary alicyclic amines) is 1. The quantitative estimate of drug-likeness (QED) is 0.531. The fourth-order valence-electron chi connectivity index (χ4n) is 3.95. The van der Waals surface area contributed by atoms with Crippen LogP contribution in [0.4, 0.5) is 5.69 Å². The molecule has 2 unspecified atom stereocenters. The van der Waals surface area contributed by atoms with E-state index >= 15 is 0 Å². The van der Waals surface area contributed by atoms with Crippen LogP contribution in [0, 0.1) is 0 Å². The van der Waals surface area contributed by atoms with Gasteiger partial charge in [0.1, 0.15) is 11.5 Å². The highest BCUT2D eigenvalue weighted by Gasteiger charge is 2.39. The molecule has 0 spiro atoms. The average Bonchev–Trinajstić information content (AvgIpc) is 2.71. The smallest absolute Gasteiger partial charge is 0.140 e. The van der Waals surface area contributed by atoms with E-state index < -0.39 is 5.72 Å². The van der Waals surface area contributed by atoms with Gasteiger partial charge in [-0.3, -0.25) is 4.90 Å². The SMILES string of the molecule is CCCCOc1ccc(N(C)C2(O)CCN(Cc3ccccc3)C(C)C2)cc1. The van der Waals surface area contributed by atoms with Gasteiger partial charge >= 0.3 is 0 Å². The molecule has 1 N–H and O–H groups in total. The van der Waals surface area contributed by atoms with Crippen LogP contribution < -0.4 is 9.64 Å². The van der Waals surface area contributed by atoms with Gasteiger partial charge < -0.3 is 14.7 Å². The largest absolute Gasteiger partial charge is 0.494 e. The molecule has 3 rings (SSSR count). The Kier molecular flexibility index (Phi) is 6.97. The zero-order chi connectivity index (χ0) is 20.0. The number of aliphatic hydroxyl groups is 1. The number of hydrogen-bond acceptors (Lipinski definition) is 4. The molecule has 4 nitrogen and oxygen atoms in total. The second-order valence-electron chi connectivity index (χ2n) is 8.00. The van der Waals surface area contributed by atoms with Crippen LogP contribution in [0.1, 0.15) is 45.1 Å². The maximum absolute atomic E-state index is 11.4. The molecule has 1 aliphatic rings. The Hall–Kier alpha value is -2.04. The summed E-state index contributed by atoms with van der Waals surface area (Å²) in [5.74, 6) is 0.892. The molecule has 2 atom stereocenters. The molecule has 1 saturated heterocycles. The van der Waals surface area contributed by atoms with Gasteiger partial charge in [0.25, 0.3) is 0 Å². The minimum Gasteiger partial charge on any atom is -0.494 e. The Morgan fingerprint density at radius 3 is 2.50 bits per heavy atom. The molecule has 4 heteroatoms. The molecule has 152 valence electrons. The van der Waals surface area contributed by atoms with Crippen molar-refractivity contribution in [3.05, 3.63) is 60.2 Å². The van der Waals surface area contributed by atoms with Crippen LogP contribution >= 0.6 is 0 Å². The Balaban J connectivity index is 1.60. The Morgan fingerprint density at radius 2 is 1.86 bits per heavy atom. The van der Waals surface area contributed by atoms with E-state index in [2.05, 4.69) is 49.1 Å². The Labute approximate surface area is 169 Å². The predicted molar refractivity (Wildman–Crippen MR) is 116 cm³/mol. The number of hydrogen-bond donors (Lipinski definition) is 1. The summed E-state index contributed by atoms with van der Waals surface area (Å²) >= 11 is 0. The Bertz CT molecular complexity index is 719. The van der Waals surface area contributed by atoms with E-state index in [4.69, 9.17) is 4.74 Å². The van der Waals surface area contributed by atoms with Gasteiger partial charge in [0.15, 0.2) is 0 Å². The monoisotopic (exact) mass is 382 g/mol. The molecule has 1 aliphatic heterocycles. The van der Waals surface area contributed by atoms with Gasteiger partial charge in [-0.1, -0.05) is 43.7 Å². The Morgan fingerprint density at radius 1 is 1.14 bits per heavy atom. The van der Waals surface area contributed by atoms with Crippen LogP contribution in [0.15, 0.2) is 54.6 Å². The third kappa shape index (κ3) is 5.06. The maximum Gasteiger partial charge on any atom is 0.140 e. The molecule has 0 saturated carbocycles. The minimum atomic E-state index is -0.822. The van der Waals surface area contributed by atoms with Gasteiger partial charge in [-0.15, -0.1) is 0 Å². The summed E-state index contributed by atoms with van der Waals surface area (Å²) in [7, 11) is 1.99. The van der Waals surface area contributed by atoms with Crippen LogP contribution in [0.5, 0.6) is 5.75 Å². The zero-order valence-corrected chi connectivity index (χ0v) is 17.5. The van der Waals surface area contributed by atoms with Crippen LogP contribution in [-0.2, 0) is 6.54 Å². The van der Waals surface area contributed by atoms with E-state index in [0.717, 1.165) is 56.8 Å². The van der Waals surface area contributed by atoms with Gasteiger partial charge in [0.2, 0.25) is 0 Å². The molecule has 2 aromatic carbocycles. The van der Waals surface area contributed by atoms with Gasteiger partial charge in [-0.05, 0) is 43.2 Å². The summed E-state index contributed by atoms with van der Waals surface area (Å²) in [6.45, 7) is 6.95. The lowest BCUT2D eigenvalue weighted by atomic mass is 9.92. The molecular formula is C24H34N2O2. The van der Waals surface area contributed by atoms with Crippen molar-refractivity contribution in [1.82, 2.24) is 4.90 Å². The summed E-state index contributed by atoms with van der Waals surface area (Å²) in [6.07, 6.45) is 3.66. The van der Waals surface area contributed by atoms with Crippen LogP contribution in [0.25, 0.3) is 0 Å². The second-order valence-corrected chi connectivity index (χ2v) is 8.00. The summed E-state index contributed by atoms with van der Waals surface area (Å²) in [6, 6.07) is 19.0. The fourth-order valence-corrected chi connectivity index (χ4v) is 3.95. The first-order valence-electron chi connectivity index (χ1n) is 10.5. The number of unbranched alkanes of at least 4 members (excludes halogenated alkanes) is 1. The molecule has 0 bridgehead atoms. The lowest BCUT2D eigenvalue weighted by Crippen LogP contribution is -2.57. The number of rotatable bonds is 8. The van der Waals surface area contributed by atoms with Crippen molar-refractivity contribution < 1.29 is 9.84 Å². The summed E-state index contributed by atoms with van der Waals surface area (Å²) in [5.41, 5.74) is 1.53. The highest BCUT2D eigenvalue weighted by Crippen LogP contribution is 2.34. The minimum absolute atomic E-state index is 0.318. The van der Waals surface area contributed by atoms with Crippen molar-refractivity contribution in [1.29, 1.82) is 0 Å². The van der Waals surface area contributed by atoms with Gasteiger partial charge in [0.05, 0.1) is 6.61 Å². The van der Waals surface area contributed by atoms with Crippen molar-refractivity contribution in [2.75, 3.05) is 25.1 Å². The van der Waals surface area contributed by atoms with E-state index in [9.17, 15) is 5.11 Å². The number of ether oxygens (including phenoxy) is 1. The molecule has 1 heterocycles. The van der Waals surface area contributed by atoms with Crippen LogP contribution in [0.2, 0.25) is 0 Å². The van der Waals surface area contributed by atoms with E-state index in [1.165, 1.54) is 5.56 Å². The molecule has 0 aromatic heterocycles. The molecule has 0 radical (unpaired) electrons. The van der Waals surface area contributed by atoms with Crippen molar-refractivity contribution in [3.8, 4) is 5.75 Å². The van der Waals surface area contributed by atoms with Crippen molar-refractivity contribution in [3.63, 3.8) is 0 Å². The lowest BCUT2D eigenvalue weighted by molar-refractivity contribution is -0.0438. The van der Waals surface area contributed by atoms with Crippen LogP contribution in [0.3, 0.4) is 0 Å². The summed E-state index contributed by atoms with van der Waals surface area (Å²) in [5, 5.41) is 11.4. The molecule has 0 amide bonds. The van der Waals surface area contributed by atoms with E-state index in [-0.39, 0.29) is 0 Å². The lowest BCUT2D eigenvalue weighted by Gasteiger charge is -2.47. The van der Waals surface area contributed by atoms with Gasteiger partial charge in [-0.25, -0.2) is 0 Å². The van der Waals surface area contributed by atoms with Gasteiger partial charge in [-0.2, -0.15) is 0 Å². The van der Waals surface area contributed by atoms with Crippen molar-refractivity contribution in [2.24, 2.45) is 0 Å². The average molecular weight is 383 g/mol. The molecule has 0 aliphatic carbocycles. The maximum atomic E-state index is 11.4. The summed E-state index contributed by atoms with van der Waals surface area (Å²) in [4.78, 5) is 4.49. The van der Waals surface area contributed by atoms with Crippen LogP contribution in [-0.4, -0.2) is 42.0 Å². The molecule has 2 aromatic rings. The highest BCUT2D eigenvalue weighted by atomic mass is 16.5. The number of piperidine rings is 1. The van der Waals surface area contributed by atoms with E-state index in [1.807, 2.05) is 36.2 Å². The first-order chi connectivity index (χ1) is 13.5. The van der Waals surface area contributed by atoms with Crippen molar-refractivity contribution >= 4 is 5.69 Å². The standard InChI is InChI=1S/C24H34N2O2/c1-4-5-17-28-23-13-11-22(12-14-23)25(3)24(27)15-16-26(20(2)18-24)19-21-9-7-6-8-10-21/h6-14,20,27H,4-5,15-19H2,1-3H3. The van der Waals surface area contributed by atoms with Crippen molar-refractivity contribution in [2.45, 2.75) is 57.8 Å². The third-order valence-corrected chi connectivity index (χ3v) is 5.89. The number of nitrogens with zero attached hydrogens (tertiary/aromatic N) is 2. The molecule has 28 heavy (non-hydrogen) atoms. The normalized spacial score (nSPS) is 22.8. The number of anilines is 1. The first kappa shape index (κ1) is 20.7. The zero-order valence-electron chi connectivity index (χ0n) is 17.5. The second kappa shape index (κ2) is 9.44. The predicted octanol–water partition coefficient (Wildman–Crippen LogP) is 4.67. The number of benzene rings is 2. The summed E-state index contributed by atoms with van der Waals surface area (Å²) < 4.78 is 5.75. The van der Waals surface area contributed by atoms with E-state index in [0.29, 0.717) is 6.04 Å². The van der Waals surface area contributed by atoms with Gasteiger partial charge in [0, 0.05) is 44.7 Å². The van der Waals surface area contributed by atoms with E-state index in [1.54, 1.807) is 0 Å². The first-order valence-corrected chi connectivity index (χ1v) is 10.5. The third-order valence-electron chi connectivity index (χ3n) is 5.89. The fraction of sp³-hybridized carbons (Fsp3) is 0.500. The molecular weight excluding hydrogens is 348 g/mol. The topological polar surface area (TPSA) is 35.9 Å².